The Morgan fingerprint density at radius 2 is 1.91 bits per heavy atom. The lowest BCUT2D eigenvalue weighted by Crippen LogP contribution is -2.20. The van der Waals surface area contributed by atoms with Crippen LogP contribution in [-0.2, 0) is 13.1 Å². The summed E-state index contributed by atoms with van der Waals surface area (Å²) in [7, 11) is 0. The van der Waals surface area contributed by atoms with Gasteiger partial charge in [0.05, 0.1) is 17.3 Å². The second-order valence-corrected chi connectivity index (χ2v) is 5.32. The molecule has 0 fully saturated rings. The quantitative estimate of drug-likeness (QED) is 0.920. The molecule has 2 aromatic rings. The Morgan fingerprint density at radius 3 is 2.61 bits per heavy atom. The van der Waals surface area contributed by atoms with Crippen molar-refractivity contribution in [3.63, 3.8) is 0 Å². The number of halogens is 4. The SMILES string of the molecule is FC(F)(F)Cn1ccnc1CNc1cc2c(cc1Cl)OCCO2. The van der Waals surface area contributed by atoms with E-state index < -0.39 is 12.7 Å². The van der Waals surface area contributed by atoms with Gasteiger partial charge in [0.25, 0.3) is 0 Å². The molecule has 0 atom stereocenters. The summed E-state index contributed by atoms with van der Waals surface area (Å²) in [6, 6.07) is 3.27. The van der Waals surface area contributed by atoms with Crippen LogP contribution in [0.15, 0.2) is 24.5 Å². The minimum atomic E-state index is -4.30. The number of aromatic nitrogens is 2. The van der Waals surface area contributed by atoms with E-state index in [-0.39, 0.29) is 12.4 Å². The van der Waals surface area contributed by atoms with Crippen molar-refractivity contribution in [1.29, 1.82) is 0 Å². The Labute approximate surface area is 135 Å². The number of benzene rings is 1. The standard InChI is InChI=1S/C14H13ClF3N3O2/c15-9-5-11-12(23-4-3-22-11)6-10(9)20-7-13-19-1-2-21(13)8-14(16,17)18/h1-2,5-6,20H,3-4,7-8H2. The Kier molecular flexibility index (Phi) is 4.25. The largest absolute Gasteiger partial charge is 0.486 e. The first-order valence-electron chi connectivity index (χ1n) is 6.82. The summed E-state index contributed by atoms with van der Waals surface area (Å²) in [5.74, 6) is 1.35. The van der Waals surface area contributed by atoms with Gasteiger partial charge in [-0.3, -0.25) is 0 Å². The third-order valence-corrected chi connectivity index (χ3v) is 3.53. The van der Waals surface area contributed by atoms with Crippen LogP contribution in [0.4, 0.5) is 18.9 Å². The summed E-state index contributed by atoms with van der Waals surface area (Å²) in [6.45, 7) is -0.101. The zero-order valence-corrected chi connectivity index (χ0v) is 12.6. The fourth-order valence-electron chi connectivity index (χ4n) is 2.22. The summed E-state index contributed by atoms with van der Waals surface area (Å²) in [5.41, 5.74) is 0.539. The highest BCUT2D eigenvalue weighted by atomic mass is 35.5. The van der Waals surface area contributed by atoms with E-state index >= 15 is 0 Å². The van der Waals surface area contributed by atoms with E-state index in [1.807, 2.05) is 0 Å². The number of rotatable bonds is 4. The number of nitrogens with zero attached hydrogens (tertiary/aromatic N) is 2. The van der Waals surface area contributed by atoms with E-state index in [0.29, 0.717) is 35.4 Å². The van der Waals surface area contributed by atoms with Crippen LogP contribution in [0.25, 0.3) is 0 Å². The van der Waals surface area contributed by atoms with Crippen molar-refractivity contribution >= 4 is 17.3 Å². The van der Waals surface area contributed by atoms with Crippen molar-refractivity contribution in [2.75, 3.05) is 18.5 Å². The lowest BCUT2D eigenvalue weighted by atomic mass is 10.2. The average molecular weight is 348 g/mol. The monoisotopic (exact) mass is 347 g/mol. The predicted octanol–water partition coefficient (Wildman–Crippen LogP) is 3.48. The van der Waals surface area contributed by atoms with Crippen LogP contribution in [0, 0.1) is 0 Å². The maximum atomic E-state index is 12.5. The Morgan fingerprint density at radius 1 is 1.22 bits per heavy atom. The van der Waals surface area contributed by atoms with Gasteiger partial charge in [0.1, 0.15) is 25.6 Å². The summed E-state index contributed by atoms with van der Waals surface area (Å²) < 4.78 is 49.4. The first-order valence-corrected chi connectivity index (χ1v) is 7.20. The topological polar surface area (TPSA) is 48.3 Å². The lowest BCUT2D eigenvalue weighted by molar-refractivity contribution is -0.141. The van der Waals surface area contributed by atoms with E-state index in [4.69, 9.17) is 21.1 Å². The molecule has 0 saturated heterocycles. The van der Waals surface area contributed by atoms with Crippen molar-refractivity contribution < 1.29 is 22.6 Å². The normalized spacial score (nSPS) is 13.9. The Bertz CT molecular complexity index is 703. The molecule has 1 N–H and O–H groups in total. The van der Waals surface area contributed by atoms with Crippen LogP contribution in [0.3, 0.4) is 0 Å². The molecule has 9 heteroatoms. The third-order valence-electron chi connectivity index (χ3n) is 3.22. The number of anilines is 1. The molecule has 1 aromatic heterocycles. The van der Waals surface area contributed by atoms with Crippen LogP contribution >= 0.6 is 11.6 Å². The second kappa shape index (κ2) is 6.19. The molecule has 2 heterocycles. The van der Waals surface area contributed by atoms with E-state index in [0.717, 1.165) is 4.57 Å². The third kappa shape index (κ3) is 3.82. The minimum Gasteiger partial charge on any atom is -0.486 e. The zero-order chi connectivity index (χ0) is 16.4. The molecular formula is C14H13ClF3N3O2. The van der Waals surface area contributed by atoms with Crippen molar-refractivity contribution in [1.82, 2.24) is 9.55 Å². The Balaban J connectivity index is 1.73. The lowest BCUT2D eigenvalue weighted by Gasteiger charge is -2.20. The first-order chi connectivity index (χ1) is 10.9. The molecule has 1 aliphatic rings. The number of fused-ring (bicyclic) bond motifs is 1. The molecule has 1 aromatic carbocycles. The van der Waals surface area contributed by atoms with E-state index in [1.165, 1.54) is 12.4 Å². The van der Waals surface area contributed by atoms with Gasteiger partial charge < -0.3 is 19.4 Å². The molecule has 23 heavy (non-hydrogen) atoms. The van der Waals surface area contributed by atoms with Gasteiger partial charge in [-0.05, 0) is 0 Å². The predicted molar refractivity (Wildman–Crippen MR) is 78.1 cm³/mol. The second-order valence-electron chi connectivity index (χ2n) is 4.92. The van der Waals surface area contributed by atoms with Crippen LogP contribution < -0.4 is 14.8 Å². The number of ether oxygens (including phenoxy) is 2. The molecule has 0 saturated carbocycles. The maximum absolute atomic E-state index is 12.5. The fourth-order valence-corrected chi connectivity index (χ4v) is 2.44. The average Bonchev–Trinajstić information content (AvgIpc) is 2.90. The molecule has 0 amide bonds. The molecule has 5 nitrogen and oxygen atoms in total. The van der Waals surface area contributed by atoms with Crippen molar-refractivity contribution in [3.05, 3.63) is 35.4 Å². The number of hydrogen-bond donors (Lipinski definition) is 1. The molecule has 124 valence electrons. The summed E-state index contributed by atoms with van der Waals surface area (Å²) in [4.78, 5) is 3.93. The minimum absolute atomic E-state index is 0.0996. The van der Waals surface area contributed by atoms with Crippen LogP contribution in [-0.4, -0.2) is 28.9 Å². The van der Waals surface area contributed by atoms with Gasteiger partial charge >= 0.3 is 6.18 Å². The van der Waals surface area contributed by atoms with Gasteiger partial charge in [-0.1, -0.05) is 11.6 Å². The van der Waals surface area contributed by atoms with Crippen LogP contribution in [0.2, 0.25) is 5.02 Å². The molecule has 3 rings (SSSR count). The molecular weight excluding hydrogens is 335 g/mol. The molecule has 1 aliphatic heterocycles. The van der Waals surface area contributed by atoms with E-state index in [1.54, 1.807) is 12.1 Å². The van der Waals surface area contributed by atoms with Crippen molar-refractivity contribution in [3.8, 4) is 11.5 Å². The molecule has 0 aliphatic carbocycles. The summed E-state index contributed by atoms with van der Waals surface area (Å²) >= 11 is 6.14. The first kappa shape index (κ1) is 15.8. The number of alkyl halides is 3. The molecule has 0 unspecified atom stereocenters. The molecule has 0 spiro atoms. The summed E-state index contributed by atoms with van der Waals surface area (Å²) in [6.07, 6.45) is -1.69. The smallest absolute Gasteiger partial charge is 0.406 e. The van der Waals surface area contributed by atoms with Gasteiger partial charge in [-0.25, -0.2) is 4.98 Å². The fraction of sp³-hybridized carbons (Fsp3) is 0.357. The maximum Gasteiger partial charge on any atom is 0.406 e. The summed E-state index contributed by atoms with van der Waals surface area (Å²) in [5, 5.41) is 3.37. The zero-order valence-electron chi connectivity index (χ0n) is 11.9. The van der Waals surface area contributed by atoms with E-state index in [9.17, 15) is 13.2 Å². The number of hydrogen-bond acceptors (Lipinski definition) is 4. The highest BCUT2D eigenvalue weighted by Crippen LogP contribution is 2.38. The van der Waals surface area contributed by atoms with E-state index in [2.05, 4.69) is 10.3 Å². The van der Waals surface area contributed by atoms with Crippen molar-refractivity contribution in [2.24, 2.45) is 0 Å². The van der Waals surface area contributed by atoms with Gasteiger partial charge in [0, 0.05) is 24.5 Å². The number of imidazole rings is 1. The van der Waals surface area contributed by atoms with Gasteiger partial charge in [0.15, 0.2) is 11.5 Å². The number of nitrogens with one attached hydrogen (secondary N) is 1. The van der Waals surface area contributed by atoms with Crippen molar-refractivity contribution in [2.45, 2.75) is 19.3 Å². The van der Waals surface area contributed by atoms with Gasteiger partial charge in [0.2, 0.25) is 0 Å². The van der Waals surface area contributed by atoms with Crippen LogP contribution in [0.1, 0.15) is 5.82 Å². The van der Waals surface area contributed by atoms with Gasteiger partial charge in [-0.15, -0.1) is 0 Å². The molecule has 0 radical (unpaired) electrons. The van der Waals surface area contributed by atoms with Gasteiger partial charge in [-0.2, -0.15) is 13.2 Å². The highest BCUT2D eigenvalue weighted by Gasteiger charge is 2.28. The van der Waals surface area contributed by atoms with Crippen LogP contribution in [0.5, 0.6) is 11.5 Å². The highest BCUT2D eigenvalue weighted by molar-refractivity contribution is 6.33. The molecule has 0 bridgehead atoms. The Hall–Kier alpha value is -2.09.